The van der Waals surface area contributed by atoms with E-state index in [0.29, 0.717) is 5.56 Å². The lowest BCUT2D eigenvalue weighted by Gasteiger charge is -2.12. The first-order valence-electron chi connectivity index (χ1n) is 10.9. The third kappa shape index (κ3) is 12.3. The highest BCUT2D eigenvalue weighted by Crippen LogP contribution is 2.19. The van der Waals surface area contributed by atoms with Crippen molar-refractivity contribution in [1.82, 2.24) is 0 Å². The number of carboxylic acid groups (broad SMARTS) is 1. The van der Waals surface area contributed by atoms with E-state index in [9.17, 15) is 9.90 Å². The number of carbonyl (C=O) groups is 1. The number of rotatable bonds is 17. The fraction of sp³-hybridized carbons (Fsp3) is 0.696. The molecule has 0 aliphatic rings. The van der Waals surface area contributed by atoms with Crippen molar-refractivity contribution >= 4 is 34.2 Å². The van der Waals surface area contributed by atoms with E-state index >= 15 is 0 Å². The number of unbranched alkanes of at least 4 members (excludes halogenated alkanes) is 9. The molecule has 0 aliphatic carbocycles. The quantitative estimate of drug-likeness (QED) is 0.135. The molecular weight excluding hydrogens is 449 g/mol. The summed E-state index contributed by atoms with van der Waals surface area (Å²) in [5.41, 5.74) is 1.08. The predicted octanol–water partition coefficient (Wildman–Crippen LogP) is 7.69. The second-order valence-corrected chi connectivity index (χ2v) is 9.25. The molecule has 0 spiro atoms. The molecule has 0 fully saturated rings. The predicted molar refractivity (Wildman–Crippen MR) is 125 cm³/mol. The van der Waals surface area contributed by atoms with Crippen molar-refractivity contribution in [3.8, 4) is 0 Å². The fourth-order valence-electron chi connectivity index (χ4n) is 3.37. The van der Waals surface area contributed by atoms with Gasteiger partial charge in [-0.1, -0.05) is 106 Å². The van der Waals surface area contributed by atoms with Gasteiger partial charge in [-0.25, -0.2) is 4.79 Å². The van der Waals surface area contributed by atoms with Gasteiger partial charge in [-0.2, -0.15) is 0 Å². The van der Waals surface area contributed by atoms with E-state index in [-0.39, 0.29) is 0 Å². The minimum atomic E-state index is -0.870. The SMILES string of the molecule is CCCCCCCCCCCCC(I)CCCNc1ccccc1C(=O)O. The third-order valence-electron chi connectivity index (χ3n) is 5.04. The Morgan fingerprint density at radius 2 is 1.48 bits per heavy atom. The van der Waals surface area contributed by atoms with Gasteiger partial charge in [-0.05, 0) is 31.4 Å². The number of hydrogen-bond donors (Lipinski definition) is 2. The first-order chi connectivity index (χ1) is 13.1. The molecule has 0 bridgehead atoms. The van der Waals surface area contributed by atoms with Gasteiger partial charge in [0.1, 0.15) is 0 Å². The minimum Gasteiger partial charge on any atom is -0.478 e. The van der Waals surface area contributed by atoms with Crippen LogP contribution in [0.2, 0.25) is 0 Å². The van der Waals surface area contributed by atoms with Crippen LogP contribution in [0.25, 0.3) is 0 Å². The van der Waals surface area contributed by atoms with E-state index in [1.165, 1.54) is 77.0 Å². The van der Waals surface area contributed by atoms with Crippen molar-refractivity contribution in [2.75, 3.05) is 11.9 Å². The van der Waals surface area contributed by atoms with Crippen molar-refractivity contribution in [2.24, 2.45) is 0 Å². The van der Waals surface area contributed by atoms with Crippen LogP contribution in [0.3, 0.4) is 0 Å². The Labute approximate surface area is 179 Å². The summed E-state index contributed by atoms with van der Waals surface area (Å²) < 4.78 is 0.730. The van der Waals surface area contributed by atoms with Gasteiger partial charge in [0.25, 0.3) is 0 Å². The summed E-state index contributed by atoms with van der Waals surface area (Å²) in [6.45, 7) is 3.11. The normalized spacial score (nSPS) is 12.1. The molecule has 1 aromatic carbocycles. The summed E-state index contributed by atoms with van der Waals surface area (Å²) >= 11 is 2.58. The average molecular weight is 487 g/mol. The van der Waals surface area contributed by atoms with Gasteiger partial charge in [-0.3, -0.25) is 0 Å². The van der Waals surface area contributed by atoms with Crippen molar-refractivity contribution in [3.63, 3.8) is 0 Å². The smallest absolute Gasteiger partial charge is 0.337 e. The standard InChI is InChI=1S/C23H38INO2/c1-2-3-4-5-6-7-8-9-10-11-15-20(24)16-14-19-25-22-18-13-12-17-21(22)23(26)27/h12-13,17-18,20,25H,2-11,14-16,19H2,1H3,(H,26,27). The zero-order valence-corrected chi connectivity index (χ0v) is 19.2. The molecule has 1 aromatic rings. The van der Waals surface area contributed by atoms with Gasteiger partial charge in [0.05, 0.1) is 5.56 Å². The number of benzene rings is 1. The molecule has 27 heavy (non-hydrogen) atoms. The first kappa shape index (κ1) is 24.3. The number of halogens is 1. The highest BCUT2D eigenvalue weighted by atomic mass is 127. The zero-order chi connectivity index (χ0) is 19.7. The molecule has 4 heteroatoms. The fourth-order valence-corrected chi connectivity index (χ4v) is 4.25. The summed E-state index contributed by atoms with van der Waals surface area (Å²) in [5, 5.41) is 12.5. The summed E-state index contributed by atoms with van der Waals surface area (Å²) in [5.74, 6) is -0.870. The lowest BCUT2D eigenvalue weighted by molar-refractivity contribution is 0.0698. The van der Waals surface area contributed by atoms with Gasteiger partial charge in [0, 0.05) is 16.2 Å². The van der Waals surface area contributed by atoms with Crippen LogP contribution in [-0.2, 0) is 0 Å². The maximum atomic E-state index is 11.2. The maximum Gasteiger partial charge on any atom is 0.337 e. The van der Waals surface area contributed by atoms with E-state index in [4.69, 9.17) is 0 Å². The van der Waals surface area contributed by atoms with Gasteiger partial charge in [0.15, 0.2) is 0 Å². The number of carboxylic acids is 1. The number of anilines is 1. The lowest BCUT2D eigenvalue weighted by Crippen LogP contribution is -2.09. The van der Waals surface area contributed by atoms with Crippen molar-refractivity contribution in [2.45, 2.75) is 94.3 Å². The molecule has 0 saturated heterocycles. The number of alkyl halides is 1. The van der Waals surface area contributed by atoms with Crippen LogP contribution in [0.15, 0.2) is 24.3 Å². The van der Waals surface area contributed by atoms with Crippen LogP contribution < -0.4 is 5.32 Å². The molecule has 0 amide bonds. The molecular formula is C23H38INO2. The second kappa shape index (κ2) is 16.2. The number of nitrogens with one attached hydrogen (secondary N) is 1. The molecule has 1 unspecified atom stereocenters. The van der Waals surface area contributed by atoms with Gasteiger partial charge in [0.2, 0.25) is 0 Å². The number of para-hydroxylation sites is 1. The van der Waals surface area contributed by atoms with Crippen molar-refractivity contribution < 1.29 is 9.90 Å². The lowest BCUT2D eigenvalue weighted by atomic mass is 10.0. The van der Waals surface area contributed by atoms with Gasteiger partial charge >= 0.3 is 5.97 Å². The van der Waals surface area contributed by atoms with Crippen LogP contribution in [0, 0.1) is 0 Å². The zero-order valence-electron chi connectivity index (χ0n) is 17.0. The molecule has 3 nitrogen and oxygen atoms in total. The van der Waals surface area contributed by atoms with E-state index in [0.717, 1.165) is 22.6 Å². The van der Waals surface area contributed by atoms with E-state index in [1.54, 1.807) is 12.1 Å². The Morgan fingerprint density at radius 1 is 0.926 bits per heavy atom. The monoisotopic (exact) mass is 487 g/mol. The van der Waals surface area contributed by atoms with E-state index in [2.05, 4.69) is 34.8 Å². The van der Waals surface area contributed by atoms with Crippen LogP contribution >= 0.6 is 22.6 Å². The molecule has 0 aromatic heterocycles. The average Bonchev–Trinajstić information content (AvgIpc) is 2.67. The first-order valence-corrected chi connectivity index (χ1v) is 12.1. The van der Waals surface area contributed by atoms with Crippen molar-refractivity contribution in [1.29, 1.82) is 0 Å². The topological polar surface area (TPSA) is 49.3 Å². The molecule has 0 heterocycles. The van der Waals surface area contributed by atoms with Crippen LogP contribution in [-0.4, -0.2) is 21.5 Å². The van der Waals surface area contributed by atoms with Crippen LogP contribution in [0.4, 0.5) is 5.69 Å². The number of hydrogen-bond acceptors (Lipinski definition) is 2. The Kier molecular flexibility index (Phi) is 14.6. The highest BCUT2D eigenvalue weighted by Gasteiger charge is 2.08. The second-order valence-electron chi connectivity index (χ2n) is 7.49. The van der Waals surface area contributed by atoms with Crippen LogP contribution in [0.5, 0.6) is 0 Å². The third-order valence-corrected chi connectivity index (χ3v) is 6.28. The molecule has 0 saturated carbocycles. The molecule has 0 aliphatic heterocycles. The van der Waals surface area contributed by atoms with Crippen molar-refractivity contribution in [3.05, 3.63) is 29.8 Å². The molecule has 2 N–H and O–H groups in total. The molecule has 154 valence electrons. The molecule has 1 atom stereocenters. The largest absolute Gasteiger partial charge is 0.478 e. The number of aromatic carboxylic acids is 1. The maximum absolute atomic E-state index is 11.2. The summed E-state index contributed by atoms with van der Waals surface area (Å²) in [7, 11) is 0. The summed E-state index contributed by atoms with van der Waals surface area (Å²) in [6, 6.07) is 7.13. The summed E-state index contributed by atoms with van der Waals surface area (Å²) in [4.78, 5) is 11.2. The van der Waals surface area contributed by atoms with Crippen LogP contribution in [0.1, 0.15) is 101 Å². The highest BCUT2D eigenvalue weighted by molar-refractivity contribution is 14.1. The Balaban J connectivity index is 1.97. The van der Waals surface area contributed by atoms with E-state index < -0.39 is 5.97 Å². The molecule has 1 rings (SSSR count). The summed E-state index contributed by atoms with van der Waals surface area (Å²) in [6.07, 6.45) is 17.5. The van der Waals surface area contributed by atoms with Gasteiger partial charge in [-0.15, -0.1) is 0 Å². The molecule has 0 radical (unpaired) electrons. The minimum absolute atomic E-state index is 0.355. The van der Waals surface area contributed by atoms with E-state index in [1.807, 2.05) is 12.1 Å². The Bertz CT molecular complexity index is 507. The van der Waals surface area contributed by atoms with Gasteiger partial charge < -0.3 is 10.4 Å². The Hall–Kier alpha value is -0.780. The Morgan fingerprint density at radius 3 is 2.11 bits per heavy atom.